The van der Waals surface area contributed by atoms with Gasteiger partial charge >= 0.3 is 0 Å². The summed E-state index contributed by atoms with van der Waals surface area (Å²) in [7, 11) is 0. The average molecular weight is 203 g/mol. The Balaban J connectivity index is 3.01. The molecule has 0 aliphatic heterocycles. The fraction of sp³-hybridized carbons (Fsp3) is 0.429. The minimum atomic E-state index is 0.286. The molecule has 15 heavy (non-hydrogen) atoms. The molecule has 1 aromatic carbocycles. The SMILES string of the molecule is C=C(C)C(NCC)c1ccc(C)c(C)c1. The summed E-state index contributed by atoms with van der Waals surface area (Å²) in [4.78, 5) is 0. The maximum absolute atomic E-state index is 4.04. The molecule has 0 saturated carbocycles. The second-order valence-electron chi connectivity index (χ2n) is 4.18. The quantitative estimate of drug-likeness (QED) is 0.738. The summed E-state index contributed by atoms with van der Waals surface area (Å²) in [5, 5.41) is 3.45. The van der Waals surface area contributed by atoms with Crippen LogP contribution in [0.2, 0.25) is 0 Å². The summed E-state index contributed by atoms with van der Waals surface area (Å²) in [5.41, 5.74) is 5.17. The highest BCUT2D eigenvalue weighted by molar-refractivity contribution is 5.34. The molecule has 0 heterocycles. The molecule has 1 heteroatoms. The Bertz CT molecular complexity index is 352. The van der Waals surface area contributed by atoms with E-state index < -0.39 is 0 Å². The van der Waals surface area contributed by atoms with E-state index in [4.69, 9.17) is 0 Å². The van der Waals surface area contributed by atoms with Crippen molar-refractivity contribution in [3.8, 4) is 0 Å². The topological polar surface area (TPSA) is 12.0 Å². The van der Waals surface area contributed by atoms with Gasteiger partial charge in [-0.15, -0.1) is 0 Å². The summed E-state index contributed by atoms with van der Waals surface area (Å²) in [6, 6.07) is 6.90. The van der Waals surface area contributed by atoms with Crippen LogP contribution in [-0.2, 0) is 0 Å². The third kappa shape index (κ3) is 2.93. The van der Waals surface area contributed by atoms with Crippen LogP contribution in [0.4, 0.5) is 0 Å². The van der Waals surface area contributed by atoms with E-state index in [2.05, 4.69) is 57.8 Å². The van der Waals surface area contributed by atoms with E-state index in [-0.39, 0.29) is 6.04 Å². The van der Waals surface area contributed by atoms with Gasteiger partial charge in [-0.3, -0.25) is 0 Å². The van der Waals surface area contributed by atoms with E-state index in [0.29, 0.717) is 0 Å². The van der Waals surface area contributed by atoms with Crippen molar-refractivity contribution in [2.75, 3.05) is 6.54 Å². The lowest BCUT2D eigenvalue weighted by Gasteiger charge is -2.19. The molecule has 0 aliphatic carbocycles. The summed E-state index contributed by atoms with van der Waals surface area (Å²) >= 11 is 0. The number of hydrogen-bond donors (Lipinski definition) is 1. The minimum Gasteiger partial charge on any atom is -0.307 e. The van der Waals surface area contributed by atoms with Crippen LogP contribution in [0, 0.1) is 13.8 Å². The molecule has 1 unspecified atom stereocenters. The van der Waals surface area contributed by atoms with Crippen molar-refractivity contribution in [3.63, 3.8) is 0 Å². The molecular formula is C14H21N. The van der Waals surface area contributed by atoms with Gasteiger partial charge in [0.1, 0.15) is 0 Å². The van der Waals surface area contributed by atoms with E-state index in [0.717, 1.165) is 6.54 Å². The monoisotopic (exact) mass is 203 g/mol. The van der Waals surface area contributed by atoms with Gasteiger partial charge in [-0.1, -0.05) is 37.3 Å². The maximum Gasteiger partial charge on any atom is 0.0530 e. The van der Waals surface area contributed by atoms with E-state index in [1.54, 1.807) is 0 Å². The molecule has 0 spiro atoms. The van der Waals surface area contributed by atoms with E-state index in [1.807, 2.05) is 0 Å². The van der Waals surface area contributed by atoms with Crippen molar-refractivity contribution in [3.05, 3.63) is 47.0 Å². The summed E-state index contributed by atoms with van der Waals surface area (Å²) < 4.78 is 0. The second-order valence-corrected chi connectivity index (χ2v) is 4.18. The van der Waals surface area contributed by atoms with Gasteiger partial charge in [0.25, 0.3) is 0 Å². The van der Waals surface area contributed by atoms with Gasteiger partial charge in [-0.2, -0.15) is 0 Å². The van der Waals surface area contributed by atoms with Crippen LogP contribution >= 0.6 is 0 Å². The standard InChI is InChI=1S/C14H21N/c1-6-15-14(10(2)3)13-8-7-11(4)12(5)9-13/h7-9,14-15H,2,6H2,1,3-5H3. The normalized spacial score (nSPS) is 12.5. The van der Waals surface area contributed by atoms with Gasteiger partial charge in [0, 0.05) is 0 Å². The van der Waals surface area contributed by atoms with Gasteiger partial charge in [0.15, 0.2) is 0 Å². The molecular weight excluding hydrogens is 182 g/mol. The van der Waals surface area contributed by atoms with E-state index >= 15 is 0 Å². The summed E-state index contributed by atoms with van der Waals surface area (Å²) in [5.74, 6) is 0. The third-order valence-corrected chi connectivity index (χ3v) is 2.77. The Kier molecular flexibility index (Phi) is 4.10. The Hall–Kier alpha value is -1.08. The average Bonchev–Trinajstić information content (AvgIpc) is 2.18. The number of aryl methyl sites for hydroxylation is 2. The number of rotatable bonds is 4. The summed E-state index contributed by atoms with van der Waals surface area (Å²) in [6.45, 7) is 13.5. The fourth-order valence-corrected chi connectivity index (χ4v) is 1.72. The molecule has 0 aromatic heterocycles. The molecule has 0 saturated heterocycles. The lowest BCUT2D eigenvalue weighted by atomic mass is 9.97. The Morgan fingerprint density at radius 2 is 2.00 bits per heavy atom. The van der Waals surface area contributed by atoms with Crippen LogP contribution in [0.3, 0.4) is 0 Å². The maximum atomic E-state index is 4.04. The van der Waals surface area contributed by atoms with Gasteiger partial charge < -0.3 is 5.32 Å². The number of benzene rings is 1. The van der Waals surface area contributed by atoms with Crippen molar-refractivity contribution in [2.45, 2.75) is 33.7 Å². The highest BCUT2D eigenvalue weighted by Crippen LogP contribution is 2.22. The third-order valence-electron chi connectivity index (χ3n) is 2.77. The molecule has 1 atom stereocenters. The molecule has 0 aliphatic rings. The molecule has 0 fully saturated rings. The molecule has 82 valence electrons. The molecule has 1 rings (SSSR count). The van der Waals surface area contributed by atoms with Crippen molar-refractivity contribution in [1.82, 2.24) is 5.32 Å². The van der Waals surface area contributed by atoms with Crippen LogP contribution in [-0.4, -0.2) is 6.54 Å². The van der Waals surface area contributed by atoms with Crippen molar-refractivity contribution in [2.24, 2.45) is 0 Å². The predicted molar refractivity (Wildman–Crippen MR) is 67.1 cm³/mol. The van der Waals surface area contributed by atoms with Crippen molar-refractivity contribution in [1.29, 1.82) is 0 Å². The largest absolute Gasteiger partial charge is 0.307 e. The first-order valence-corrected chi connectivity index (χ1v) is 5.52. The number of likely N-dealkylation sites (N-methyl/N-ethyl adjacent to an activating group) is 1. The first kappa shape index (κ1) is 12.0. The molecule has 1 nitrogen and oxygen atoms in total. The molecule has 1 N–H and O–H groups in total. The minimum absolute atomic E-state index is 0.286. The zero-order valence-corrected chi connectivity index (χ0v) is 10.2. The highest BCUT2D eigenvalue weighted by atomic mass is 14.9. The zero-order valence-electron chi connectivity index (χ0n) is 10.2. The Morgan fingerprint density at radius 1 is 1.33 bits per heavy atom. The van der Waals surface area contributed by atoms with Gasteiger partial charge in [-0.25, -0.2) is 0 Å². The Morgan fingerprint density at radius 3 is 2.47 bits per heavy atom. The van der Waals surface area contributed by atoms with E-state index in [9.17, 15) is 0 Å². The van der Waals surface area contributed by atoms with Crippen LogP contribution in [0.5, 0.6) is 0 Å². The molecule has 0 radical (unpaired) electrons. The van der Waals surface area contributed by atoms with Crippen LogP contribution in [0.25, 0.3) is 0 Å². The van der Waals surface area contributed by atoms with Crippen molar-refractivity contribution >= 4 is 0 Å². The zero-order chi connectivity index (χ0) is 11.4. The van der Waals surface area contributed by atoms with E-state index in [1.165, 1.54) is 22.3 Å². The van der Waals surface area contributed by atoms with Crippen LogP contribution < -0.4 is 5.32 Å². The fourth-order valence-electron chi connectivity index (χ4n) is 1.72. The predicted octanol–water partition coefficient (Wildman–Crippen LogP) is 3.53. The summed E-state index contributed by atoms with van der Waals surface area (Å²) in [6.07, 6.45) is 0. The molecule has 0 bridgehead atoms. The Labute approximate surface area is 93.2 Å². The van der Waals surface area contributed by atoms with Gasteiger partial charge in [0.05, 0.1) is 6.04 Å². The highest BCUT2D eigenvalue weighted by Gasteiger charge is 2.10. The van der Waals surface area contributed by atoms with Crippen LogP contribution in [0.1, 0.15) is 36.6 Å². The van der Waals surface area contributed by atoms with Crippen LogP contribution in [0.15, 0.2) is 30.4 Å². The molecule has 0 amide bonds. The number of hydrogen-bond acceptors (Lipinski definition) is 1. The number of nitrogens with one attached hydrogen (secondary N) is 1. The smallest absolute Gasteiger partial charge is 0.0530 e. The molecule has 1 aromatic rings. The first-order valence-electron chi connectivity index (χ1n) is 5.52. The first-order chi connectivity index (χ1) is 7.06. The lowest BCUT2D eigenvalue weighted by Crippen LogP contribution is -2.21. The lowest BCUT2D eigenvalue weighted by molar-refractivity contribution is 0.621. The second kappa shape index (κ2) is 5.13. The van der Waals surface area contributed by atoms with Gasteiger partial charge in [-0.05, 0) is 44.0 Å². The van der Waals surface area contributed by atoms with Crippen molar-refractivity contribution < 1.29 is 0 Å². The van der Waals surface area contributed by atoms with Gasteiger partial charge in [0.2, 0.25) is 0 Å².